The first-order valence-electron chi connectivity index (χ1n) is 6.96. The summed E-state index contributed by atoms with van der Waals surface area (Å²) in [6.07, 6.45) is 2.07. The second-order valence-corrected chi connectivity index (χ2v) is 5.93. The van der Waals surface area contributed by atoms with Gasteiger partial charge in [-0.15, -0.1) is 0 Å². The van der Waals surface area contributed by atoms with Gasteiger partial charge in [-0.3, -0.25) is 4.79 Å². The second kappa shape index (κ2) is 7.04. The number of halogens is 1. The van der Waals surface area contributed by atoms with Gasteiger partial charge in [0.15, 0.2) is 0 Å². The first-order valence-corrected chi connectivity index (χ1v) is 7.75. The minimum Gasteiger partial charge on any atom is -0.478 e. The third-order valence-corrected chi connectivity index (χ3v) is 3.97. The maximum absolute atomic E-state index is 12.5. The zero-order chi connectivity index (χ0) is 15.4. The van der Waals surface area contributed by atoms with Crippen LogP contribution in [-0.4, -0.2) is 47.7 Å². The lowest BCUT2D eigenvalue weighted by molar-refractivity contribution is 0.0539. The Labute approximate surface area is 132 Å². The van der Waals surface area contributed by atoms with E-state index in [-0.39, 0.29) is 17.6 Å². The summed E-state index contributed by atoms with van der Waals surface area (Å²) in [6, 6.07) is 4.54. The van der Waals surface area contributed by atoms with Crippen LogP contribution in [0.5, 0.6) is 0 Å². The van der Waals surface area contributed by atoms with Gasteiger partial charge in [-0.2, -0.15) is 0 Å². The molecule has 1 aliphatic heterocycles. The van der Waals surface area contributed by atoms with E-state index < -0.39 is 5.97 Å². The van der Waals surface area contributed by atoms with Gasteiger partial charge in [-0.1, -0.05) is 15.9 Å². The molecule has 1 aliphatic rings. The molecule has 0 aromatic heterocycles. The Bertz CT molecular complexity index is 540. The lowest BCUT2D eigenvalue weighted by Crippen LogP contribution is -2.37. The minimum atomic E-state index is -1.05. The number of amides is 1. The molecule has 6 heteroatoms. The van der Waals surface area contributed by atoms with Gasteiger partial charge < -0.3 is 14.7 Å². The Balaban J connectivity index is 2.18. The Hall–Kier alpha value is -1.40. The Kier molecular flexibility index (Phi) is 5.36. The predicted octanol–water partition coefficient (Wildman–Crippen LogP) is 2.79. The summed E-state index contributed by atoms with van der Waals surface area (Å²) in [6.45, 7) is 3.76. The maximum Gasteiger partial charge on any atom is 0.335 e. The molecule has 5 nitrogen and oxygen atoms in total. The smallest absolute Gasteiger partial charge is 0.335 e. The molecule has 1 unspecified atom stereocenters. The first kappa shape index (κ1) is 16.0. The van der Waals surface area contributed by atoms with Gasteiger partial charge in [-0.25, -0.2) is 4.79 Å². The number of benzene rings is 1. The molecule has 1 saturated heterocycles. The molecule has 0 aliphatic carbocycles. The van der Waals surface area contributed by atoms with E-state index in [4.69, 9.17) is 9.84 Å². The number of carbonyl (C=O) groups excluding carboxylic acids is 1. The Morgan fingerprint density at radius 2 is 2.10 bits per heavy atom. The van der Waals surface area contributed by atoms with Crippen LogP contribution in [0, 0.1) is 0 Å². The van der Waals surface area contributed by atoms with Gasteiger partial charge in [0.1, 0.15) is 0 Å². The number of rotatable bonds is 5. The highest BCUT2D eigenvalue weighted by Crippen LogP contribution is 2.19. The molecular formula is C15H18BrNO4. The van der Waals surface area contributed by atoms with Crippen molar-refractivity contribution in [2.45, 2.75) is 25.9 Å². The van der Waals surface area contributed by atoms with Crippen LogP contribution in [0.4, 0.5) is 0 Å². The van der Waals surface area contributed by atoms with Crippen molar-refractivity contribution in [3.63, 3.8) is 0 Å². The number of ether oxygens (including phenoxy) is 1. The van der Waals surface area contributed by atoms with Crippen molar-refractivity contribution < 1.29 is 19.4 Å². The molecular weight excluding hydrogens is 338 g/mol. The monoisotopic (exact) mass is 355 g/mol. The van der Waals surface area contributed by atoms with E-state index in [9.17, 15) is 9.59 Å². The third-order valence-electron chi connectivity index (χ3n) is 3.51. The van der Waals surface area contributed by atoms with E-state index in [2.05, 4.69) is 15.9 Å². The number of carboxylic acid groups (broad SMARTS) is 1. The number of likely N-dealkylation sites (N-methyl/N-ethyl adjacent to an activating group) is 1. The van der Waals surface area contributed by atoms with E-state index in [0.29, 0.717) is 23.1 Å². The third kappa shape index (κ3) is 4.04. The quantitative estimate of drug-likeness (QED) is 0.881. The van der Waals surface area contributed by atoms with E-state index in [1.54, 1.807) is 11.0 Å². The SMILES string of the molecule is CCN(CC1CCCO1)C(=O)c1cc(Br)cc(C(=O)O)c1. The summed E-state index contributed by atoms with van der Waals surface area (Å²) in [5, 5.41) is 9.08. The van der Waals surface area contributed by atoms with Crippen LogP contribution >= 0.6 is 15.9 Å². The highest BCUT2D eigenvalue weighted by molar-refractivity contribution is 9.10. The normalized spacial score (nSPS) is 17.7. The molecule has 1 heterocycles. The molecule has 21 heavy (non-hydrogen) atoms. The van der Waals surface area contributed by atoms with Crippen LogP contribution in [-0.2, 0) is 4.74 Å². The number of nitrogens with zero attached hydrogens (tertiary/aromatic N) is 1. The number of hydrogen-bond donors (Lipinski definition) is 1. The second-order valence-electron chi connectivity index (χ2n) is 5.01. The van der Waals surface area contributed by atoms with Crippen molar-refractivity contribution in [2.24, 2.45) is 0 Å². The molecule has 0 spiro atoms. The van der Waals surface area contributed by atoms with Crippen molar-refractivity contribution in [2.75, 3.05) is 19.7 Å². The summed E-state index contributed by atoms with van der Waals surface area (Å²) in [4.78, 5) is 25.3. The predicted molar refractivity (Wildman–Crippen MR) is 81.7 cm³/mol. The van der Waals surface area contributed by atoms with Crippen LogP contribution in [0.15, 0.2) is 22.7 Å². The molecule has 114 valence electrons. The van der Waals surface area contributed by atoms with Gasteiger partial charge in [0, 0.05) is 29.7 Å². The van der Waals surface area contributed by atoms with Crippen LogP contribution in [0.25, 0.3) is 0 Å². The number of carboxylic acids is 1. The molecule has 1 aromatic carbocycles. The molecule has 1 amide bonds. The van der Waals surface area contributed by atoms with E-state index in [1.807, 2.05) is 6.92 Å². The maximum atomic E-state index is 12.5. The fraction of sp³-hybridized carbons (Fsp3) is 0.467. The largest absolute Gasteiger partial charge is 0.478 e. The Morgan fingerprint density at radius 3 is 2.67 bits per heavy atom. The van der Waals surface area contributed by atoms with Crippen molar-refractivity contribution in [3.05, 3.63) is 33.8 Å². The summed E-state index contributed by atoms with van der Waals surface area (Å²) >= 11 is 3.25. The van der Waals surface area contributed by atoms with Crippen LogP contribution in [0.3, 0.4) is 0 Å². The fourth-order valence-corrected chi connectivity index (χ4v) is 2.90. The topological polar surface area (TPSA) is 66.8 Å². The van der Waals surface area contributed by atoms with E-state index in [1.165, 1.54) is 12.1 Å². The number of hydrogen-bond acceptors (Lipinski definition) is 3. The van der Waals surface area contributed by atoms with Gasteiger partial charge in [-0.05, 0) is 38.0 Å². The lowest BCUT2D eigenvalue weighted by atomic mass is 10.1. The lowest BCUT2D eigenvalue weighted by Gasteiger charge is -2.24. The molecule has 0 radical (unpaired) electrons. The molecule has 1 atom stereocenters. The van der Waals surface area contributed by atoms with Crippen molar-refractivity contribution in [1.82, 2.24) is 4.90 Å². The highest BCUT2D eigenvalue weighted by atomic mass is 79.9. The number of aromatic carboxylic acids is 1. The van der Waals surface area contributed by atoms with Gasteiger partial charge >= 0.3 is 5.97 Å². The van der Waals surface area contributed by atoms with E-state index in [0.717, 1.165) is 19.4 Å². The molecule has 2 rings (SSSR count). The zero-order valence-electron chi connectivity index (χ0n) is 11.8. The molecule has 0 bridgehead atoms. The van der Waals surface area contributed by atoms with Crippen molar-refractivity contribution >= 4 is 27.8 Å². The first-order chi connectivity index (χ1) is 10.0. The molecule has 1 fully saturated rings. The van der Waals surface area contributed by atoms with Gasteiger partial charge in [0.05, 0.1) is 11.7 Å². The van der Waals surface area contributed by atoms with Crippen LogP contribution in [0.1, 0.15) is 40.5 Å². The average molecular weight is 356 g/mol. The fourth-order valence-electron chi connectivity index (χ4n) is 2.41. The van der Waals surface area contributed by atoms with E-state index >= 15 is 0 Å². The van der Waals surface area contributed by atoms with Crippen molar-refractivity contribution in [1.29, 1.82) is 0 Å². The van der Waals surface area contributed by atoms with Crippen LogP contribution in [0.2, 0.25) is 0 Å². The summed E-state index contributed by atoms with van der Waals surface area (Å²) in [7, 11) is 0. The molecule has 1 N–H and O–H groups in total. The summed E-state index contributed by atoms with van der Waals surface area (Å²) < 4.78 is 6.14. The summed E-state index contributed by atoms with van der Waals surface area (Å²) in [5.74, 6) is -1.22. The molecule has 1 aromatic rings. The number of carbonyl (C=O) groups is 2. The Morgan fingerprint density at radius 1 is 1.38 bits per heavy atom. The van der Waals surface area contributed by atoms with Gasteiger partial charge in [0.25, 0.3) is 5.91 Å². The van der Waals surface area contributed by atoms with Gasteiger partial charge in [0.2, 0.25) is 0 Å². The zero-order valence-corrected chi connectivity index (χ0v) is 13.4. The van der Waals surface area contributed by atoms with Crippen molar-refractivity contribution in [3.8, 4) is 0 Å². The minimum absolute atomic E-state index is 0.0833. The molecule has 0 saturated carbocycles. The van der Waals surface area contributed by atoms with Crippen LogP contribution < -0.4 is 0 Å². The average Bonchev–Trinajstić information content (AvgIpc) is 2.96. The standard InChI is InChI=1S/C15H18BrNO4/c1-2-17(9-13-4-3-5-21-13)14(18)10-6-11(15(19)20)8-12(16)7-10/h6-8,13H,2-5,9H2,1H3,(H,19,20). The summed E-state index contributed by atoms with van der Waals surface area (Å²) in [5.41, 5.74) is 0.475. The highest BCUT2D eigenvalue weighted by Gasteiger charge is 2.23.